The second kappa shape index (κ2) is 7.29. The van der Waals surface area contributed by atoms with E-state index in [0.717, 1.165) is 5.56 Å². The van der Waals surface area contributed by atoms with E-state index in [4.69, 9.17) is 32.7 Å². The number of aromatic nitrogens is 1. The van der Waals surface area contributed by atoms with Gasteiger partial charge in [-0.25, -0.2) is 15.0 Å². The van der Waals surface area contributed by atoms with Crippen LogP contribution in [-0.4, -0.2) is 43.1 Å². The Bertz CT molecular complexity index is 602. The molecule has 1 aromatic heterocycles. The van der Waals surface area contributed by atoms with Gasteiger partial charge in [0.25, 0.3) is 0 Å². The lowest BCUT2D eigenvalue weighted by molar-refractivity contribution is 0.332. The zero-order chi connectivity index (χ0) is 16.3. The van der Waals surface area contributed by atoms with Crippen molar-refractivity contribution in [2.24, 2.45) is 15.9 Å². The summed E-state index contributed by atoms with van der Waals surface area (Å²) in [5.41, 5.74) is 0.836. The molecule has 0 saturated carbocycles. The molecule has 5 nitrogen and oxygen atoms in total. The smallest absolute Gasteiger partial charge is 0.209 e. The highest BCUT2D eigenvalue weighted by Gasteiger charge is 2.31. The molecule has 0 spiro atoms. The molecule has 0 fully saturated rings. The summed E-state index contributed by atoms with van der Waals surface area (Å²) in [6.45, 7) is 4.13. The van der Waals surface area contributed by atoms with E-state index >= 15 is 0 Å². The standard InChI is InChI=1S/C15H19Cl2N3O2/c1-8(2)13-15(22-4)19-11(14(20-13)21-3)5-9-7-18-12(17)6-10(9)16/h6-8,11,13H,5H2,1-4H3/t11-,13+/m1/s1. The number of rotatable bonds is 3. The molecule has 7 heteroatoms. The van der Waals surface area contributed by atoms with E-state index in [2.05, 4.69) is 28.8 Å². The maximum atomic E-state index is 6.20. The highest BCUT2D eigenvalue weighted by Crippen LogP contribution is 2.24. The summed E-state index contributed by atoms with van der Waals surface area (Å²) in [5, 5.41) is 0.912. The van der Waals surface area contributed by atoms with Crippen LogP contribution in [0.15, 0.2) is 22.2 Å². The van der Waals surface area contributed by atoms with Crippen molar-refractivity contribution in [1.82, 2.24) is 4.98 Å². The van der Waals surface area contributed by atoms with Gasteiger partial charge in [-0.15, -0.1) is 0 Å². The van der Waals surface area contributed by atoms with Crippen LogP contribution in [0, 0.1) is 5.92 Å². The highest BCUT2D eigenvalue weighted by molar-refractivity contribution is 6.34. The lowest BCUT2D eigenvalue weighted by Gasteiger charge is -2.27. The van der Waals surface area contributed by atoms with Gasteiger partial charge in [0.2, 0.25) is 11.8 Å². The molecule has 2 rings (SSSR count). The van der Waals surface area contributed by atoms with Crippen LogP contribution in [0.1, 0.15) is 19.4 Å². The number of methoxy groups -OCH3 is 2. The van der Waals surface area contributed by atoms with E-state index in [1.165, 1.54) is 0 Å². The van der Waals surface area contributed by atoms with Crippen LogP contribution in [0.5, 0.6) is 0 Å². The molecule has 0 bridgehead atoms. The zero-order valence-electron chi connectivity index (χ0n) is 13.0. The van der Waals surface area contributed by atoms with Crippen molar-refractivity contribution in [1.29, 1.82) is 0 Å². The van der Waals surface area contributed by atoms with Crippen molar-refractivity contribution in [2.75, 3.05) is 14.2 Å². The molecule has 0 unspecified atom stereocenters. The van der Waals surface area contributed by atoms with Crippen LogP contribution in [0.3, 0.4) is 0 Å². The fourth-order valence-corrected chi connectivity index (χ4v) is 2.73. The van der Waals surface area contributed by atoms with Crippen LogP contribution in [0.25, 0.3) is 0 Å². The van der Waals surface area contributed by atoms with Crippen molar-refractivity contribution >= 4 is 35.0 Å². The van der Waals surface area contributed by atoms with Gasteiger partial charge in [-0.05, 0) is 17.5 Å². The second-order valence-corrected chi connectivity index (χ2v) is 6.14. The van der Waals surface area contributed by atoms with E-state index in [1.54, 1.807) is 26.5 Å². The number of aliphatic imine (C=N–C) groups is 2. The van der Waals surface area contributed by atoms with Crippen molar-refractivity contribution in [2.45, 2.75) is 32.4 Å². The van der Waals surface area contributed by atoms with Gasteiger partial charge in [0.05, 0.1) is 14.2 Å². The zero-order valence-corrected chi connectivity index (χ0v) is 14.5. The summed E-state index contributed by atoms with van der Waals surface area (Å²) in [4.78, 5) is 13.3. The lowest BCUT2D eigenvalue weighted by atomic mass is 10.0. The number of halogens is 2. The molecule has 1 aliphatic rings. The number of hydrogen-bond donors (Lipinski definition) is 0. The average Bonchev–Trinajstić information content (AvgIpc) is 2.49. The molecule has 0 aromatic carbocycles. The molecule has 22 heavy (non-hydrogen) atoms. The van der Waals surface area contributed by atoms with Gasteiger partial charge in [-0.3, -0.25) is 0 Å². The number of pyridine rings is 1. The van der Waals surface area contributed by atoms with Crippen LogP contribution < -0.4 is 0 Å². The van der Waals surface area contributed by atoms with Gasteiger partial charge in [0.15, 0.2) is 0 Å². The monoisotopic (exact) mass is 343 g/mol. The van der Waals surface area contributed by atoms with Crippen molar-refractivity contribution in [3.8, 4) is 0 Å². The topological polar surface area (TPSA) is 56.1 Å². The predicted octanol–water partition coefficient (Wildman–Crippen LogP) is 3.43. The Morgan fingerprint density at radius 3 is 2.36 bits per heavy atom. The van der Waals surface area contributed by atoms with Gasteiger partial charge in [0, 0.05) is 17.6 Å². The number of hydrogen-bond acceptors (Lipinski definition) is 5. The number of ether oxygens (including phenoxy) is 2. The Morgan fingerprint density at radius 2 is 1.82 bits per heavy atom. The van der Waals surface area contributed by atoms with E-state index < -0.39 is 0 Å². The first-order valence-electron chi connectivity index (χ1n) is 6.99. The molecule has 1 aromatic rings. The summed E-state index contributed by atoms with van der Waals surface area (Å²) in [5.74, 6) is 1.45. The Morgan fingerprint density at radius 1 is 1.14 bits per heavy atom. The maximum Gasteiger partial charge on any atom is 0.209 e. The van der Waals surface area contributed by atoms with Crippen molar-refractivity contribution in [3.05, 3.63) is 28.0 Å². The third-order valence-corrected chi connectivity index (χ3v) is 4.01. The van der Waals surface area contributed by atoms with Gasteiger partial charge in [-0.1, -0.05) is 37.0 Å². The van der Waals surface area contributed by atoms with Crippen LogP contribution in [0.4, 0.5) is 0 Å². The molecular formula is C15H19Cl2N3O2. The van der Waals surface area contributed by atoms with E-state index in [-0.39, 0.29) is 18.0 Å². The first-order chi connectivity index (χ1) is 10.5. The van der Waals surface area contributed by atoms with Gasteiger partial charge in [-0.2, -0.15) is 0 Å². The Balaban J connectivity index is 2.29. The first kappa shape index (κ1) is 17.0. The Hall–Kier alpha value is -1.33. The van der Waals surface area contributed by atoms with Gasteiger partial charge in [0.1, 0.15) is 17.2 Å². The number of nitrogens with zero attached hydrogens (tertiary/aromatic N) is 3. The predicted molar refractivity (Wildman–Crippen MR) is 89.3 cm³/mol. The molecular weight excluding hydrogens is 325 g/mol. The summed E-state index contributed by atoms with van der Waals surface area (Å²) >= 11 is 12.0. The van der Waals surface area contributed by atoms with Crippen LogP contribution in [0.2, 0.25) is 10.2 Å². The third kappa shape index (κ3) is 3.70. The first-order valence-corrected chi connectivity index (χ1v) is 7.75. The molecule has 2 atom stereocenters. The van der Waals surface area contributed by atoms with E-state index in [9.17, 15) is 0 Å². The summed E-state index contributed by atoms with van der Waals surface area (Å²) < 4.78 is 10.8. The summed E-state index contributed by atoms with van der Waals surface area (Å²) in [6.07, 6.45) is 2.17. The fraction of sp³-hybridized carbons (Fsp3) is 0.533. The minimum absolute atomic E-state index is 0.130. The molecule has 0 radical (unpaired) electrons. The minimum atomic E-state index is -0.282. The van der Waals surface area contributed by atoms with Crippen molar-refractivity contribution < 1.29 is 9.47 Å². The van der Waals surface area contributed by atoms with E-state index in [1.807, 2.05) is 0 Å². The quantitative estimate of drug-likeness (QED) is 0.790. The van der Waals surface area contributed by atoms with Crippen LogP contribution in [-0.2, 0) is 15.9 Å². The molecule has 0 N–H and O–H groups in total. The molecule has 1 aliphatic heterocycles. The SMILES string of the molecule is COC1=N[C@H](Cc2cnc(Cl)cc2Cl)C(OC)=N[C@H]1C(C)C. The molecule has 120 valence electrons. The average molecular weight is 344 g/mol. The Kier molecular flexibility index (Phi) is 5.64. The summed E-state index contributed by atoms with van der Waals surface area (Å²) in [7, 11) is 3.20. The van der Waals surface area contributed by atoms with Gasteiger partial charge < -0.3 is 9.47 Å². The molecule has 0 aliphatic carbocycles. The maximum absolute atomic E-state index is 6.20. The van der Waals surface area contributed by atoms with Crippen molar-refractivity contribution in [3.63, 3.8) is 0 Å². The fourth-order valence-electron chi connectivity index (χ4n) is 2.29. The summed E-state index contributed by atoms with van der Waals surface area (Å²) in [6, 6.07) is 1.20. The molecule has 0 amide bonds. The van der Waals surface area contributed by atoms with Gasteiger partial charge >= 0.3 is 0 Å². The molecule has 0 saturated heterocycles. The Labute approximate surface area is 140 Å². The highest BCUT2D eigenvalue weighted by atomic mass is 35.5. The largest absolute Gasteiger partial charge is 0.483 e. The van der Waals surface area contributed by atoms with E-state index in [0.29, 0.717) is 28.4 Å². The third-order valence-electron chi connectivity index (χ3n) is 3.45. The second-order valence-electron chi connectivity index (χ2n) is 5.35. The minimum Gasteiger partial charge on any atom is -0.483 e. The molecule has 2 heterocycles. The lowest BCUT2D eigenvalue weighted by Crippen LogP contribution is -2.38. The normalized spacial score (nSPS) is 21.4. The van der Waals surface area contributed by atoms with Crippen LogP contribution >= 0.6 is 23.2 Å².